The van der Waals surface area contributed by atoms with Crippen LogP contribution in [0.1, 0.15) is 24.2 Å². The summed E-state index contributed by atoms with van der Waals surface area (Å²) in [6.07, 6.45) is 0. The van der Waals surface area contributed by atoms with Gasteiger partial charge in [0.15, 0.2) is 17.5 Å². The summed E-state index contributed by atoms with van der Waals surface area (Å²) in [6, 6.07) is 2.63. The highest BCUT2D eigenvalue weighted by molar-refractivity contribution is 5.97. The van der Waals surface area contributed by atoms with Crippen LogP contribution in [0.15, 0.2) is 23.4 Å². The van der Waals surface area contributed by atoms with Crippen molar-refractivity contribution in [2.75, 3.05) is 6.54 Å². The van der Waals surface area contributed by atoms with E-state index in [0.29, 0.717) is 0 Å². The number of amides is 1. The molecule has 0 heterocycles. The zero-order chi connectivity index (χ0) is 14.6. The number of carbonyl (C=O) groups excluding carboxylic acids is 1. The number of carbonyl (C=O) groups is 1. The molecule has 104 valence electrons. The fourth-order valence-corrected chi connectivity index (χ4v) is 1.49. The normalized spacial score (nSPS) is 11.7. The van der Waals surface area contributed by atoms with Gasteiger partial charge in [-0.25, -0.2) is 8.78 Å². The van der Waals surface area contributed by atoms with Gasteiger partial charge in [-0.05, 0) is 32.0 Å². The molecule has 3 N–H and O–H groups in total. The van der Waals surface area contributed by atoms with Gasteiger partial charge in [-0.1, -0.05) is 5.16 Å². The van der Waals surface area contributed by atoms with Gasteiger partial charge in [0.1, 0.15) is 0 Å². The molecular weight excluding hydrogens is 256 g/mol. The molecule has 0 fully saturated rings. The van der Waals surface area contributed by atoms with Gasteiger partial charge >= 0.3 is 0 Å². The summed E-state index contributed by atoms with van der Waals surface area (Å²) >= 11 is 0. The minimum absolute atomic E-state index is 0.00154. The quantitative estimate of drug-likeness (QED) is 0.377. The van der Waals surface area contributed by atoms with Gasteiger partial charge < -0.3 is 15.8 Å². The van der Waals surface area contributed by atoms with E-state index in [9.17, 15) is 13.6 Å². The van der Waals surface area contributed by atoms with Crippen molar-refractivity contribution >= 4 is 11.7 Å². The van der Waals surface area contributed by atoms with Crippen molar-refractivity contribution in [2.24, 2.45) is 10.9 Å². The number of hydrogen-bond acceptors (Lipinski definition) is 3. The Labute approximate surface area is 109 Å². The Hall–Kier alpha value is -2.18. The van der Waals surface area contributed by atoms with Gasteiger partial charge in [-0.15, -0.1) is 0 Å². The average Bonchev–Trinajstić information content (AvgIpc) is 2.37. The minimum atomic E-state index is -1.10. The Morgan fingerprint density at radius 1 is 1.42 bits per heavy atom. The lowest BCUT2D eigenvalue weighted by Gasteiger charge is -2.26. The first-order valence-electron chi connectivity index (χ1n) is 5.59. The van der Waals surface area contributed by atoms with Crippen LogP contribution in [0.25, 0.3) is 0 Å². The number of nitrogens with two attached hydrogens (primary N) is 1. The highest BCUT2D eigenvalue weighted by Crippen LogP contribution is 2.12. The first-order valence-corrected chi connectivity index (χ1v) is 5.59. The van der Waals surface area contributed by atoms with E-state index in [1.54, 1.807) is 13.8 Å². The Morgan fingerprint density at radius 3 is 2.53 bits per heavy atom. The van der Waals surface area contributed by atoms with Crippen molar-refractivity contribution in [3.63, 3.8) is 0 Å². The molecule has 1 aromatic rings. The maximum absolute atomic E-state index is 13.1. The van der Waals surface area contributed by atoms with Crippen LogP contribution in [0.2, 0.25) is 0 Å². The third-order valence-electron chi connectivity index (χ3n) is 2.51. The molecule has 0 unspecified atom stereocenters. The lowest BCUT2D eigenvalue weighted by Crippen LogP contribution is -2.42. The van der Waals surface area contributed by atoms with Crippen LogP contribution < -0.4 is 5.73 Å². The predicted octanol–water partition coefficient (Wildman–Crippen LogP) is 1.56. The SMILES string of the molecule is CC(C)N(CC(N)=NO)C(=O)c1ccc(F)c(F)c1. The second-order valence-electron chi connectivity index (χ2n) is 4.25. The average molecular weight is 271 g/mol. The van der Waals surface area contributed by atoms with E-state index in [-0.39, 0.29) is 24.0 Å². The van der Waals surface area contributed by atoms with E-state index >= 15 is 0 Å². The van der Waals surface area contributed by atoms with Crippen molar-refractivity contribution in [1.29, 1.82) is 0 Å². The molecule has 0 atom stereocenters. The maximum Gasteiger partial charge on any atom is 0.254 e. The smallest absolute Gasteiger partial charge is 0.254 e. The van der Waals surface area contributed by atoms with Crippen LogP contribution in [-0.4, -0.2) is 34.4 Å². The standard InChI is InChI=1S/C12H15F2N3O2/c1-7(2)17(6-11(15)16-19)12(18)8-3-4-9(13)10(14)5-8/h3-5,7,19H,6H2,1-2H3,(H2,15,16). The van der Waals surface area contributed by atoms with Crippen molar-refractivity contribution in [3.05, 3.63) is 35.4 Å². The molecule has 0 aromatic heterocycles. The van der Waals surface area contributed by atoms with E-state index in [4.69, 9.17) is 10.9 Å². The Bertz CT molecular complexity index is 504. The number of nitrogens with zero attached hydrogens (tertiary/aromatic N) is 2. The van der Waals surface area contributed by atoms with Crippen LogP contribution in [0.4, 0.5) is 8.78 Å². The number of hydrogen-bond donors (Lipinski definition) is 2. The Balaban J connectivity index is 3.02. The number of amidine groups is 1. The third kappa shape index (κ3) is 3.64. The van der Waals surface area contributed by atoms with Gasteiger partial charge in [-0.2, -0.15) is 0 Å². The fraction of sp³-hybridized carbons (Fsp3) is 0.333. The predicted molar refractivity (Wildman–Crippen MR) is 65.9 cm³/mol. The Kier molecular flexibility index (Phi) is 4.80. The topological polar surface area (TPSA) is 78.9 Å². The second kappa shape index (κ2) is 6.12. The number of benzene rings is 1. The van der Waals surface area contributed by atoms with Gasteiger partial charge in [-0.3, -0.25) is 4.79 Å². The van der Waals surface area contributed by atoms with Crippen LogP contribution in [0.5, 0.6) is 0 Å². The largest absolute Gasteiger partial charge is 0.409 e. The molecule has 0 aliphatic heterocycles. The first kappa shape index (κ1) is 14.9. The van der Waals surface area contributed by atoms with Gasteiger partial charge in [0, 0.05) is 11.6 Å². The van der Waals surface area contributed by atoms with E-state index < -0.39 is 17.5 Å². The summed E-state index contributed by atoms with van der Waals surface area (Å²) in [5, 5.41) is 11.3. The molecule has 7 heteroatoms. The molecular formula is C12H15F2N3O2. The molecule has 0 aliphatic carbocycles. The molecule has 19 heavy (non-hydrogen) atoms. The lowest BCUT2D eigenvalue weighted by atomic mass is 10.1. The zero-order valence-corrected chi connectivity index (χ0v) is 10.6. The zero-order valence-electron chi connectivity index (χ0n) is 10.6. The lowest BCUT2D eigenvalue weighted by molar-refractivity contribution is 0.0733. The van der Waals surface area contributed by atoms with Crippen LogP contribution in [0, 0.1) is 11.6 Å². The third-order valence-corrected chi connectivity index (χ3v) is 2.51. The summed E-state index contributed by atoms with van der Waals surface area (Å²) in [7, 11) is 0. The molecule has 0 spiro atoms. The van der Waals surface area contributed by atoms with Gasteiger partial charge in [0.2, 0.25) is 0 Å². The van der Waals surface area contributed by atoms with E-state index in [1.807, 2.05) is 0 Å². The first-order chi connectivity index (χ1) is 8.86. The van der Waals surface area contributed by atoms with Gasteiger partial charge in [0.25, 0.3) is 5.91 Å². The number of oxime groups is 1. The van der Waals surface area contributed by atoms with Crippen molar-refractivity contribution in [3.8, 4) is 0 Å². The molecule has 1 rings (SSSR count). The Morgan fingerprint density at radius 2 is 2.05 bits per heavy atom. The van der Waals surface area contributed by atoms with Gasteiger partial charge in [0.05, 0.1) is 6.54 Å². The molecule has 0 saturated heterocycles. The number of rotatable bonds is 4. The van der Waals surface area contributed by atoms with Crippen LogP contribution >= 0.6 is 0 Å². The van der Waals surface area contributed by atoms with Crippen LogP contribution in [0.3, 0.4) is 0 Å². The van der Waals surface area contributed by atoms with E-state index in [1.165, 1.54) is 11.0 Å². The maximum atomic E-state index is 13.1. The molecule has 0 radical (unpaired) electrons. The summed E-state index contributed by atoms with van der Waals surface area (Å²) in [6.45, 7) is 3.34. The van der Waals surface area contributed by atoms with E-state index in [2.05, 4.69) is 5.16 Å². The van der Waals surface area contributed by atoms with E-state index in [0.717, 1.165) is 12.1 Å². The summed E-state index contributed by atoms with van der Waals surface area (Å²) in [4.78, 5) is 13.4. The molecule has 0 bridgehead atoms. The molecule has 5 nitrogen and oxygen atoms in total. The number of halogens is 2. The van der Waals surface area contributed by atoms with Crippen molar-refractivity contribution in [2.45, 2.75) is 19.9 Å². The van der Waals surface area contributed by atoms with Crippen molar-refractivity contribution in [1.82, 2.24) is 4.90 Å². The van der Waals surface area contributed by atoms with Crippen LogP contribution in [-0.2, 0) is 0 Å². The summed E-state index contributed by atoms with van der Waals surface area (Å²) in [5.74, 6) is -2.80. The highest BCUT2D eigenvalue weighted by atomic mass is 19.2. The molecule has 0 aliphatic rings. The highest BCUT2D eigenvalue weighted by Gasteiger charge is 2.21. The second-order valence-corrected chi connectivity index (χ2v) is 4.25. The molecule has 0 saturated carbocycles. The minimum Gasteiger partial charge on any atom is -0.409 e. The summed E-state index contributed by atoms with van der Waals surface area (Å²) in [5.41, 5.74) is 5.35. The fourth-order valence-electron chi connectivity index (χ4n) is 1.49. The molecule has 1 amide bonds. The molecule has 1 aromatic carbocycles. The summed E-state index contributed by atoms with van der Waals surface area (Å²) < 4.78 is 25.9. The van der Waals surface area contributed by atoms with Crippen molar-refractivity contribution < 1.29 is 18.8 Å². The monoisotopic (exact) mass is 271 g/mol.